The van der Waals surface area contributed by atoms with Crippen molar-refractivity contribution in [2.45, 2.75) is 19.8 Å². The minimum absolute atomic E-state index is 0.0538. The van der Waals surface area contributed by atoms with Crippen molar-refractivity contribution in [3.05, 3.63) is 59.9 Å². The van der Waals surface area contributed by atoms with Gasteiger partial charge in [0.1, 0.15) is 0 Å². The lowest BCUT2D eigenvalue weighted by Crippen LogP contribution is -2.31. The highest BCUT2D eigenvalue weighted by Gasteiger charge is 2.48. The predicted molar refractivity (Wildman–Crippen MR) is 97.0 cm³/mol. The van der Waals surface area contributed by atoms with E-state index in [1.165, 1.54) is 0 Å². The summed E-state index contributed by atoms with van der Waals surface area (Å²) in [5.74, 6) is -0.409. The van der Waals surface area contributed by atoms with Crippen molar-refractivity contribution in [2.75, 3.05) is 18.9 Å². The summed E-state index contributed by atoms with van der Waals surface area (Å²) in [5, 5.41) is 2.90. The smallest absolute Gasteiger partial charge is 0.228 e. The summed E-state index contributed by atoms with van der Waals surface area (Å²) in [5.41, 5.74) is 3.08. The molecule has 1 aliphatic rings. The van der Waals surface area contributed by atoms with E-state index in [1.807, 2.05) is 43.3 Å². The molecule has 1 fully saturated rings. The molecule has 2 amide bonds. The Morgan fingerprint density at radius 3 is 2.48 bits per heavy atom. The number of carbonyl (C=O) groups is 2. The number of pyridine rings is 1. The molecular formula is C20H23N3O2. The number of rotatable bonds is 6. The zero-order valence-electron chi connectivity index (χ0n) is 14.6. The lowest BCUT2D eigenvalue weighted by atomic mass is 10.2. The Balaban J connectivity index is 1.47. The van der Waals surface area contributed by atoms with Crippen LogP contribution in [0.15, 0.2) is 48.8 Å². The fourth-order valence-electron chi connectivity index (χ4n) is 2.87. The van der Waals surface area contributed by atoms with Crippen LogP contribution >= 0.6 is 0 Å². The minimum atomic E-state index is -0.211. The van der Waals surface area contributed by atoms with E-state index in [4.69, 9.17) is 0 Å². The summed E-state index contributed by atoms with van der Waals surface area (Å²) < 4.78 is 0. The fourth-order valence-corrected chi connectivity index (χ4v) is 2.87. The third-order valence-corrected chi connectivity index (χ3v) is 4.62. The molecule has 1 heterocycles. The molecule has 1 saturated carbocycles. The number of carbonyl (C=O) groups excluding carboxylic acids is 2. The van der Waals surface area contributed by atoms with Crippen molar-refractivity contribution in [3.63, 3.8) is 0 Å². The molecule has 3 rings (SSSR count). The van der Waals surface area contributed by atoms with Gasteiger partial charge in [0.2, 0.25) is 11.8 Å². The van der Waals surface area contributed by atoms with Crippen LogP contribution in [-0.4, -0.2) is 35.3 Å². The molecule has 0 radical (unpaired) electrons. The Morgan fingerprint density at radius 1 is 1.12 bits per heavy atom. The van der Waals surface area contributed by atoms with Gasteiger partial charge >= 0.3 is 0 Å². The Bertz CT molecular complexity index is 743. The van der Waals surface area contributed by atoms with Gasteiger partial charge in [-0.15, -0.1) is 0 Å². The normalized spacial score (nSPS) is 18.5. The number of nitrogens with one attached hydrogen (secondary N) is 1. The van der Waals surface area contributed by atoms with Crippen molar-refractivity contribution < 1.29 is 9.59 Å². The number of anilines is 1. The van der Waals surface area contributed by atoms with E-state index in [-0.39, 0.29) is 23.7 Å². The Labute approximate surface area is 148 Å². The number of likely N-dealkylation sites (N-methyl/N-ethyl adjacent to an activating group) is 1. The molecule has 130 valence electrons. The Morgan fingerprint density at radius 2 is 1.80 bits per heavy atom. The maximum Gasteiger partial charge on any atom is 0.228 e. The second kappa shape index (κ2) is 7.47. The predicted octanol–water partition coefficient (Wildman–Crippen LogP) is 2.67. The maximum atomic E-state index is 12.5. The number of aryl methyl sites for hydroxylation is 1. The summed E-state index contributed by atoms with van der Waals surface area (Å²) in [6, 6.07) is 11.6. The van der Waals surface area contributed by atoms with Gasteiger partial charge < -0.3 is 10.2 Å². The summed E-state index contributed by atoms with van der Waals surface area (Å²) in [6.45, 7) is 2.65. The number of hydrogen-bond donors (Lipinski definition) is 1. The lowest BCUT2D eigenvalue weighted by Gasteiger charge is -2.17. The van der Waals surface area contributed by atoms with Crippen LogP contribution in [-0.2, 0) is 16.0 Å². The Hall–Kier alpha value is -2.69. The van der Waals surface area contributed by atoms with E-state index in [9.17, 15) is 9.59 Å². The van der Waals surface area contributed by atoms with Crippen LogP contribution in [0.1, 0.15) is 17.5 Å². The molecule has 5 nitrogen and oxygen atoms in total. The molecule has 0 saturated heterocycles. The van der Waals surface area contributed by atoms with Gasteiger partial charge in [-0.3, -0.25) is 14.6 Å². The van der Waals surface area contributed by atoms with Gasteiger partial charge in [0, 0.05) is 31.7 Å². The molecule has 5 heteroatoms. The molecule has 0 aliphatic heterocycles. The van der Waals surface area contributed by atoms with E-state index in [2.05, 4.69) is 10.3 Å². The lowest BCUT2D eigenvalue weighted by molar-refractivity contribution is -0.132. The first-order valence-electron chi connectivity index (χ1n) is 8.56. The van der Waals surface area contributed by atoms with Crippen LogP contribution in [0.2, 0.25) is 0 Å². The molecular weight excluding hydrogens is 314 g/mol. The summed E-state index contributed by atoms with van der Waals surface area (Å²) in [7, 11) is 1.80. The number of benzene rings is 1. The van der Waals surface area contributed by atoms with Crippen molar-refractivity contribution >= 4 is 17.5 Å². The molecule has 0 bridgehead atoms. The number of hydrogen-bond acceptors (Lipinski definition) is 3. The highest BCUT2D eigenvalue weighted by Crippen LogP contribution is 2.40. The van der Waals surface area contributed by atoms with Crippen molar-refractivity contribution in [3.8, 4) is 0 Å². The average molecular weight is 337 g/mol. The molecule has 0 spiro atoms. The molecule has 1 aliphatic carbocycles. The van der Waals surface area contributed by atoms with Crippen molar-refractivity contribution in [2.24, 2.45) is 11.8 Å². The van der Waals surface area contributed by atoms with Crippen LogP contribution in [0, 0.1) is 18.8 Å². The highest BCUT2D eigenvalue weighted by atomic mass is 16.2. The molecule has 2 unspecified atom stereocenters. The third kappa shape index (κ3) is 4.44. The van der Waals surface area contributed by atoms with Crippen LogP contribution in [0.5, 0.6) is 0 Å². The van der Waals surface area contributed by atoms with E-state index in [1.54, 1.807) is 24.3 Å². The average Bonchev–Trinajstić information content (AvgIpc) is 3.43. The topological polar surface area (TPSA) is 62.3 Å². The highest BCUT2D eigenvalue weighted by molar-refractivity contribution is 5.99. The van der Waals surface area contributed by atoms with Gasteiger partial charge in [-0.2, -0.15) is 0 Å². The second-order valence-electron chi connectivity index (χ2n) is 6.67. The monoisotopic (exact) mass is 337 g/mol. The SMILES string of the molecule is Cc1ccc(NC(=O)C2CC2C(=O)N(C)CCc2ccncc2)cc1. The first-order valence-corrected chi connectivity index (χ1v) is 8.56. The first-order chi connectivity index (χ1) is 12.0. The van der Waals surface area contributed by atoms with Crippen LogP contribution in [0.3, 0.4) is 0 Å². The molecule has 2 atom stereocenters. The summed E-state index contributed by atoms with van der Waals surface area (Å²) in [4.78, 5) is 30.5. The van der Waals surface area contributed by atoms with E-state index in [0.29, 0.717) is 13.0 Å². The van der Waals surface area contributed by atoms with Gasteiger partial charge in [-0.1, -0.05) is 17.7 Å². The van der Waals surface area contributed by atoms with Crippen molar-refractivity contribution in [1.82, 2.24) is 9.88 Å². The molecule has 1 aromatic carbocycles. The summed E-state index contributed by atoms with van der Waals surface area (Å²) in [6.07, 6.45) is 4.93. The second-order valence-corrected chi connectivity index (χ2v) is 6.67. The zero-order chi connectivity index (χ0) is 17.8. The fraction of sp³-hybridized carbons (Fsp3) is 0.350. The van der Waals surface area contributed by atoms with Crippen LogP contribution < -0.4 is 5.32 Å². The van der Waals surface area contributed by atoms with E-state index >= 15 is 0 Å². The number of aromatic nitrogens is 1. The molecule has 1 N–H and O–H groups in total. The van der Waals surface area contributed by atoms with Gasteiger partial charge in [0.05, 0.1) is 11.8 Å². The van der Waals surface area contributed by atoms with Crippen LogP contribution in [0.4, 0.5) is 5.69 Å². The third-order valence-electron chi connectivity index (χ3n) is 4.62. The first kappa shape index (κ1) is 17.1. The molecule has 2 aromatic rings. The quantitative estimate of drug-likeness (QED) is 0.881. The maximum absolute atomic E-state index is 12.5. The summed E-state index contributed by atoms with van der Waals surface area (Å²) >= 11 is 0. The van der Waals surface area contributed by atoms with E-state index in [0.717, 1.165) is 23.2 Å². The van der Waals surface area contributed by atoms with Crippen LogP contribution in [0.25, 0.3) is 0 Å². The minimum Gasteiger partial charge on any atom is -0.345 e. The van der Waals surface area contributed by atoms with Gasteiger partial charge in [0.25, 0.3) is 0 Å². The largest absolute Gasteiger partial charge is 0.345 e. The van der Waals surface area contributed by atoms with E-state index < -0.39 is 0 Å². The standard InChI is InChI=1S/C20H23N3O2/c1-14-3-5-16(6-4-14)22-19(24)17-13-18(17)20(25)23(2)12-9-15-7-10-21-11-8-15/h3-8,10-11,17-18H,9,12-13H2,1-2H3,(H,22,24). The van der Waals surface area contributed by atoms with Gasteiger partial charge in [-0.25, -0.2) is 0 Å². The Kier molecular flexibility index (Phi) is 5.12. The molecule has 1 aromatic heterocycles. The number of nitrogens with zero attached hydrogens (tertiary/aromatic N) is 2. The van der Waals surface area contributed by atoms with Crippen molar-refractivity contribution in [1.29, 1.82) is 0 Å². The number of amides is 2. The van der Waals surface area contributed by atoms with Gasteiger partial charge in [0.15, 0.2) is 0 Å². The zero-order valence-corrected chi connectivity index (χ0v) is 14.6. The van der Waals surface area contributed by atoms with Gasteiger partial charge in [-0.05, 0) is 49.6 Å². The molecule has 25 heavy (non-hydrogen) atoms.